The van der Waals surface area contributed by atoms with Gasteiger partial charge in [-0.2, -0.15) is 5.26 Å². The van der Waals surface area contributed by atoms with Crippen molar-refractivity contribution in [2.75, 3.05) is 6.61 Å². The van der Waals surface area contributed by atoms with E-state index in [1.165, 1.54) is 19.3 Å². The fraction of sp³-hybridized carbons (Fsp3) is 0.562. The summed E-state index contributed by atoms with van der Waals surface area (Å²) in [5.74, 6) is 0.514. The number of rotatable bonds is 5. The Morgan fingerprint density at radius 1 is 1.40 bits per heavy atom. The van der Waals surface area contributed by atoms with Crippen molar-refractivity contribution in [2.45, 2.75) is 51.1 Å². The van der Waals surface area contributed by atoms with Crippen LogP contribution in [0.1, 0.15) is 50.6 Å². The van der Waals surface area contributed by atoms with Crippen LogP contribution in [0.5, 0.6) is 11.5 Å². The number of benzene rings is 1. The number of aromatic hydroxyl groups is 1. The molecule has 1 atom stereocenters. The predicted octanol–water partition coefficient (Wildman–Crippen LogP) is 3.28. The number of phenolic OH excluding ortho intramolecular Hbond substituents is 1. The number of nitriles is 1. The summed E-state index contributed by atoms with van der Waals surface area (Å²) in [7, 11) is 0. The van der Waals surface area contributed by atoms with Crippen LogP contribution in [0.2, 0.25) is 0 Å². The van der Waals surface area contributed by atoms with Gasteiger partial charge in [0.2, 0.25) is 0 Å². The highest BCUT2D eigenvalue weighted by molar-refractivity contribution is 5.48. The normalized spacial score (nSPS) is 17.4. The van der Waals surface area contributed by atoms with Crippen molar-refractivity contribution in [1.82, 2.24) is 5.32 Å². The largest absolute Gasteiger partial charge is 0.504 e. The second kappa shape index (κ2) is 7.16. The Morgan fingerprint density at radius 3 is 2.80 bits per heavy atom. The maximum absolute atomic E-state index is 10.2. The van der Waals surface area contributed by atoms with Gasteiger partial charge < -0.3 is 9.84 Å². The van der Waals surface area contributed by atoms with Gasteiger partial charge in [-0.25, -0.2) is 0 Å². The van der Waals surface area contributed by atoms with Crippen LogP contribution in [0.15, 0.2) is 18.2 Å². The van der Waals surface area contributed by atoms with Gasteiger partial charge in [-0.3, -0.25) is 5.32 Å². The molecular weight excluding hydrogens is 252 g/mol. The predicted molar refractivity (Wildman–Crippen MR) is 77.6 cm³/mol. The number of hydrogen-bond acceptors (Lipinski definition) is 4. The lowest BCUT2D eigenvalue weighted by molar-refractivity contribution is 0.313. The van der Waals surface area contributed by atoms with Crippen molar-refractivity contribution < 1.29 is 9.84 Å². The molecule has 1 unspecified atom stereocenters. The first-order chi connectivity index (χ1) is 9.76. The Bertz CT molecular complexity index is 476. The summed E-state index contributed by atoms with van der Waals surface area (Å²) in [6.07, 6.45) is 5.90. The highest BCUT2D eigenvalue weighted by atomic mass is 16.5. The summed E-state index contributed by atoms with van der Waals surface area (Å²) in [4.78, 5) is 0. The summed E-state index contributed by atoms with van der Waals surface area (Å²) in [6, 6.07) is 7.44. The average Bonchev–Trinajstić information content (AvgIpc) is 2.49. The lowest BCUT2D eigenvalue weighted by Crippen LogP contribution is -2.33. The van der Waals surface area contributed by atoms with Crippen LogP contribution in [0.25, 0.3) is 0 Å². The van der Waals surface area contributed by atoms with Crippen molar-refractivity contribution in [1.29, 1.82) is 5.26 Å². The number of hydrogen-bond donors (Lipinski definition) is 2. The topological polar surface area (TPSA) is 65.3 Å². The zero-order chi connectivity index (χ0) is 14.4. The molecule has 1 aliphatic carbocycles. The van der Waals surface area contributed by atoms with Crippen LogP contribution in [0, 0.1) is 11.3 Å². The highest BCUT2D eigenvalue weighted by Crippen LogP contribution is 2.34. The van der Waals surface area contributed by atoms with Crippen LogP contribution in [-0.2, 0) is 0 Å². The molecule has 1 saturated carbocycles. The highest BCUT2D eigenvalue weighted by Gasteiger charge is 2.22. The smallest absolute Gasteiger partial charge is 0.163 e. The minimum Gasteiger partial charge on any atom is -0.504 e. The molecule has 0 radical (unpaired) electrons. The minimum absolute atomic E-state index is 0.0733. The Kier molecular flexibility index (Phi) is 5.25. The van der Waals surface area contributed by atoms with E-state index < -0.39 is 6.04 Å². The third kappa shape index (κ3) is 3.43. The molecule has 0 aliphatic heterocycles. The van der Waals surface area contributed by atoms with Gasteiger partial charge in [0.25, 0.3) is 0 Å². The van der Waals surface area contributed by atoms with Gasteiger partial charge in [0, 0.05) is 11.6 Å². The molecule has 0 saturated heterocycles. The molecule has 4 nitrogen and oxygen atoms in total. The maximum Gasteiger partial charge on any atom is 0.163 e. The molecule has 0 heterocycles. The SMILES string of the molecule is CCOc1cccc(C(C#N)NC2CCCCC2)c1O. The molecular formula is C16H22N2O2. The number of ether oxygens (including phenoxy) is 1. The van der Waals surface area contributed by atoms with Crippen LogP contribution in [0.4, 0.5) is 0 Å². The van der Waals surface area contributed by atoms with Crippen LogP contribution >= 0.6 is 0 Å². The summed E-state index contributed by atoms with van der Waals surface area (Å²) >= 11 is 0. The summed E-state index contributed by atoms with van der Waals surface area (Å²) in [5, 5.41) is 23.0. The molecule has 108 valence electrons. The van der Waals surface area contributed by atoms with Crippen LogP contribution < -0.4 is 10.1 Å². The van der Waals surface area contributed by atoms with E-state index in [0.717, 1.165) is 12.8 Å². The molecule has 1 aromatic rings. The molecule has 1 aliphatic rings. The molecule has 2 N–H and O–H groups in total. The number of para-hydroxylation sites is 1. The van der Waals surface area contributed by atoms with Crippen molar-refractivity contribution in [2.24, 2.45) is 0 Å². The van der Waals surface area contributed by atoms with E-state index in [1.807, 2.05) is 13.0 Å². The molecule has 4 heteroatoms. The van der Waals surface area contributed by atoms with E-state index in [1.54, 1.807) is 12.1 Å². The van der Waals surface area contributed by atoms with Gasteiger partial charge in [0.05, 0.1) is 12.7 Å². The molecule has 0 spiro atoms. The first kappa shape index (κ1) is 14.7. The first-order valence-corrected chi connectivity index (χ1v) is 7.36. The van der Waals surface area contributed by atoms with Crippen molar-refractivity contribution in [3.8, 4) is 17.6 Å². The third-order valence-corrected chi connectivity index (χ3v) is 3.78. The standard InChI is InChI=1S/C16H22N2O2/c1-2-20-15-10-6-9-13(16(15)19)14(11-17)18-12-7-4-3-5-8-12/h6,9-10,12,14,18-19H,2-5,7-8H2,1H3. The fourth-order valence-electron chi connectivity index (χ4n) is 2.75. The van der Waals surface area contributed by atoms with Crippen molar-refractivity contribution >= 4 is 0 Å². The molecule has 0 amide bonds. The molecule has 1 aromatic carbocycles. The van der Waals surface area contributed by atoms with Gasteiger partial charge in [0.1, 0.15) is 6.04 Å². The van der Waals surface area contributed by atoms with E-state index in [2.05, 4.69) is 11.4 Å². The maximum atomic E-state index is 10.2. The van der Waals surface area contributed by atoms with Gasteiger partial charge >= 0.3 is 0 Å². The lowest BCUT2D eigenvalue weighted by atomic mass is 9.94. The Balaban J connectivity index is 2.14. The quantitative estimate of drug-likeness (QED) is 0.864. The van der Waals surface area contributed by atoms with Crippen LogP contribution in [-0.4, -0.2) is 17.8 Å². The van der Waals surface area contributed by atoms with E-state index in [9.17, 15) is 10.4 Å². The van der Waals surface area contributed by atoms with Gasteiger partial charge in [-0.1, -0.05) is 31.4 Å². The zero-order valence-electron chi connectivity index (χ0n) is 11.9. The summed E-state index contributed by atoms with van der Waals surface area (Å²) in [6.45, 7) is 2.36. The average molecular weight is 274 g/mol. The van der Waals surface area contributed by atoms with E-state index >= 15 is 0 Å². The van der Waals surface area contributed by atoms with E-state index in [0.29, 0.717) is 24.0 Å². The van der Waals surface area contributed by atoms with Gasteiger partial charge in [-0.05, 0) is 25.8 Å². The van der Waals surface area contributed by atoms with Gasteiger partial charge in [-0.15, -0.1) is 0 Å². The summed E-state index contributed by atoms with van der Waals surface area (Å²) in [5.41, 5.74) is 0.601. The van der Waals surface area contributed by atoms with Crippen molar-refractivity contribution in [3.63, 3.8) is 0 Å². The molecule has 20 heavy (non-hydrogen) atoms. The lowest BCUT2D eigenvalue weighted by Gasteiger charge is -2.26. The Hall–Kier alpha value is -1.73. The molecule has 0 aromatic heterocycles. The first-order valence-electron chi connectivity index (χ1n) is 7.36. The fourth-order valence-corrected chi connectivity index (χ4v) is 2.75. The monoisotopic (exact) mass is 274 g/mol. The van der Waals surface area contributed by atoms with Crippen LogP contribution in [0.3, 0.4) is 0 Å². The number of phenols is 1. The van der Waals surface area contributed by atoms with E-state index in [-0.39, 0.29) is 5.75 Å². The van der Waals surface area contributed by atoms with E-state index in [4.69, 9.17) is 4.74 Å². The molecule has 2 rings (SSSR count). The second-order valence-corrected chi connectivity index (χ2v) is 5.19. The third-order valence-electron chi connectivity index (χ3n) is 3.78. The molecule has 1 fully saturated rings. The van der Waals surface area contributed by atoms with Gasteiger partial charge in [0.15, 0.2) is 11.5 Å². The number of nitrogens with zero attached hydrogens (tertiary/aromatic N) is 1. The minimum atomic E-state index is -0.487. The Labute approximate surface area is 120 Å². The molecule has 0 bridgehead atoms. The van der Waals surface area contributed by atoms with Crippen molar-refractivity contribution in [3.05, 3.63) is 23.8 Å². The summed E-state index contributed by atoms with van der Waals surface area (Å²) < 4.78 is 5.37. The zero-order valence-corrected chi connectivity index (χ0v) is 11.9. The number of nitrogens with one attached hydrogen (secondary N) is 1. The Morgan fingerprint density at radius 2 is 2.15 bits per heavy atom. The second-order valence-electron chi connectivity index (χ2n) is 5.19.